The minimum absolute atomic E-state index is 0.00579. The molecule has 1 amide bonds. The zero-order valence-electron chi connectivity index (χ0n) is 4.39. The Morgan fingerprint density at radius 2 is 2.50 bits per heavy atom. The average Bonchev–Trinajstić information content (AvgIpc) is 1.77. The van der Waals surface area contributed by atoms with E-state index >= 15 is 0 Å². The summed E-state index contributed by atoms with van der Waals surface area (Å²) in [5.41, 5.74) is 0. The Bertz CT molecular complexity index is 106. The van der Waals surface area contributed by atoms with Crippen LogP contribution in [0.2, 0.25) is 0 Å². The molecule has 4 heteroatoms. The van der Waals surface area contributed by atoms with Crippen LogP contribution in [0.1, 0.15) is 0 Å². The second kappa shape index (κ2) is 2.37. The molecule has 0 aromatic rings. The molecule has 0 aromatic carbocycles. The molecular weight excluding hydrogens is 124 g/mol. The molecule has 1 aliphatic heterocycles. The predicted octanol–water partition coefficient (Wildman–Crippen LogP) is -1.12. The molecule has 0 saturated carbocycles. The number of rotatable bonds is 0. The molecule has 1 N–H and O–H groups in total. The Morgan fingerprint density at radius 3 is 2.88 bits per heavy atom. The standard InChI is InChI=1S/C4H7N2OS/c7-4-3-5-1-2-6(4)8/h5H,1-3H2/q-1. The van der Waals surface area contributed by atoms with Gasteiger partial charge in [0.2, 0.25) is 5.91 Å². The van der Waals surface area contributed by atoms with Gasteiger partial charge in [-0.1, -0.05) is 0 Å². The van der Waals surface area contributed by atoms with Gasteiger partial charge in [0.15, 0.2) is 0 Å². The van der Waals surface area contributed by atoms with Crippen LogP contribution >= 0.6 is 0 Å². The van der Waals surface area contributed by atoms with E-state index in [1.54, 1.807) is 0 Å². The molecule has 8 heavy (non-hydrogen) atoms. The first kappa shape index (κ1) is 5.91. The van der Waals surface area contributed by atoms with E-state index in [1.807, 2.05) is 0 Å². The quantitative estimate of drug-likeness (QED) is 0.423. The van der Waals surface area contributed by atoms with E-state index < -0.39 is 0 Å². The van der Waals surface area contributed by atoms with Gasteiger partial charge in [0.05, 0.1) is 6.54 Å². The van der Waals surface area contributed by atoms with Crippen molar-refractivity contribution in [3.05, 3.63) is 0 Å². The van der Waals surface area contributed by atoms with Crippen molar-refractivity contribution >= 4 is 18.7 Å². The summed E-state index contributed by atoms with van der Waals surface area (Å²) < 4.78 is 1.32. The van der Waals surface area contributed by atoms with Crippen LogP contribution in [-0.4, -0.2) is 29.8 Å². The smallest absolute Gasteiger partial charge is 0.214 e. The van der Waals surface area contributed by atoms with Gasteiger partial charge in [-0.15, -0.1) is 0 Å². The lowest BCUT2D eigenvalue weighted by molar-refractivity contribution is -0.126. The van der Waals surface area contributed by atoms with Crippen LogP contribution in [0.4, 0.5) is 0 Å². The first-order valence-electron chi connectivity index (χ1n) is 2.49. The number of carbonyl (C=O) groups is 1. The highest BCUT2D eigenvalue weighted by molar-refractivity contribution is 7.56. The lowest BCUT2D eigenvalue weighted by Gasteiger charge is -2.33. The van der Waals surface area contributed by atoms with Crippen LogP contribution in [0.25, 0.3) is 0 Å². The Morgan fingerprint density at radius 1 is 1.75 bits per heavy atom. The molecule has 3 nitrogen and oxygen atoms in total. The van der Waals surface area contributed by atoms with E-state index in [2.05, 4.69) is 18.1 Å². The van der Waals surface area contributed by atoms with Crippen molar-refractivity contribution in [2.45, 2.75) is 0 Å². The van der Waals surface area contributed by atoms with Crippen molar-refractivity contribution in [2.24, 2.45) is 0 Å². The molecule has 1 aliphatic rings. The topological polar surface area (TPSA) is 32.3 Å². The Kier molecular flexibility index (Phi) is 1.75. The van der Waals surface area contributed by atoms with Crippen LogP contribution in [0.5, 0.6) is 0 Å². The van der Waals surface area contributed by atoms with Gasteiger partial charge in [-0.3, -0.25) is 4.79 Å². The zero-order chi connectivity index (χ0) is 5.98. The number of nitrogens with one attached hydrogen (secondary N) is 1. The normalized spacial score (nSPS) is 21.6. The number of amides is 1. The number of hydrogen-bond acceptors (Lipinski definition) is 3. The summed E-state index contributed by atoms with van der Waals surface area (Å²) in [7, 11) is 0. The van der Waals surface area contributed by atoms with Crippen molar-refractivity contribution < 1.29 is 4.79 Å². The van der Waals surface area contributed by atoms with Crippen LogP contribution in [0.15, 0.2) is 0 Å². The summed E-state index contributed by atoms with van der Waals surface area (Å²) in [5.74, 6) is 0.00579. The minimum atomic E-state index is 0.00579. The highest BCUT2D eigenvalue weighted by Gasteiger charge is 2.05. The second-order valence-electron chi connectivity index (χ2n) is 1.67. The fourth-order valence-corrected chi connectivity index (χ4v) is 0.745. The van der Waals surface area contributed by atoms with Gasteiger partial charge < -0.3 is 22.4 Å². The van der Waals surface area contributed by atoms with Gasteiger partial charge in [0.1, 0.15) is 0 Å². The van der Waals surface area contributed by atoms with E-state index in [9.17, 15) is 4.79 Å². The van der Waals surface area contributed by atoms with Crippen LogP contribution in [0.3, 0.4) is 0 Å². The molecule has 0 spiro atoms. The number of nitrogens with zero attached hydrogens (tertiary/aromatic N) is 1. The van der Waals surface area contributed by atoms with Crippen LogP contribution < -0.4 is 5.32 Å². The Labute approximate surface area is 53.6 Å². The van der Waals surface area contributed by atoms with Crippen molar-refractivity contribution in [3.8, 4) is 0 Å². The predicted molar refractivity (Wildman–Crippen MR) is 31.9 cm³/mol. The third-order valence-corrected chi connectivity index (χ3v) is 1.43. The fourth-order valence-electron chi connectivity index (χ4n) is 0.589. The zero-order valence-corrected chi connectivity index (χ0v) is 5.20. The molecule has 1 saturated heterocycles. The lowest BCUT2D eigenvalue weighted by Crippen LogP contribution is -2.44. The Balaban J connectivity index is 2.39. The molecular formula is C4H7N2OS-. The average molecular weight is 131 g/mol. The molecule has 0 aromatic heterocycles. The van der Waals surface area contributed by atoms with Gasteiger partial charge in [0, 0.05) is 13.1 Å². The summed E-state index contributed by atoms with van der Waals surface area (Å²) in [6.07, 6.45) is 0. The summed E-state index contributed by atoms with van der Waals surface area (Å²) in [6.45, 7) is 1.90. The highest BCUT2D eigenvalue weighted by atomic mass is 32.1. The largest absolute Gasteiger partial charge is 0.664 e. The molecule has 0 atom stereocenters. The highest BCUT2D eigenvalue weighted by Crippen LogP contribution is 1.87. The van der Waals surface area contributed by atoms with Gasteiger partial charge in [-0.25, -0.2) is 0 Å². The minimum Gasteiger partial charge on any atom is -0.664 e. The van der Waals surface area contributed by atoms with E-state index in [-0.39, 0.29) is 5.91 Å². The maximum Gasteiger partial charge on any atom is 0.214 e. The summed E-state index contributed by atoms with van der Waals surface area (Å²) in [4.78, 5) is 10.6. The maximum absolute atomic E-state index is 10.6. The van der Waals surface area contributed by atoms with Gasteiger partial charge in [-0.05, 0) is 0 Å². The van der Waals surface area contributed by atoms with Crippen molar-refractivity contribution in [1.29, 1.82) is 0 Å². The maximum atomic E-state index is 10.6. The van der Waals surface area contributed by atoms with Crippen molar-refractivity contribution in [3.63, 3.8) is 0 Å². The third-order valence-electron chi connectivity index (χ3n) is 1.05. The molecule has 46 valence electrons. The number of carbonyl (C=O) groups excluding carboxylic acids is 1. The lowest BCUT2D eigenvalue weighted by atomic mass is 10.4. The van der Waals surface area contributed by atoms with Crippen molar-refractivity contribution in [2.75, 3.05) is 19.6 Å². The van der Waals surface area contributed by atoms with E-state index in [0.29, 0.717) is 13.1 Å². The summed E-state index contributed by atoms with van der Waals surface area (Å²) in [6, 6.07) is 0. The van der Waals surface area contributed by atoms with Crippen LogP contribution in [-0.2, 0) is 17.6 Å². The van der Waals surface area contributed by atoms with Crippen molar-refractivity contribution in [1.82, 2.24) is 9.62 Å². The molecule has 0 bridgehead atoms. The molecule has 0 radical (unpaired) electrons. The SMILES string of the molecule is O=C1CNCCN1[S-]. The first-order chi connectivity index (χ1) is 3.80. The van der Waals surface area contributed by atoms with Gasteiger partial charge >= 0.3 is 0 Å². The third kappa shape index (κ3) is 1.14. The second-order valence-corrected chi connectivity index (χ2v) is 2.11. The van der Waals surface area contributed by atoms with E-state index in [4.69, 9.17) is 0 Å². The number of hydrogen-bond donors (Lipinski definition) is 1. The van der Waals surface area contributed by atoms with Crippen LogP contribution in [0, 0.1) is 0 Å². The van der Waals surface area contributed by atoms with E-state index in [1.165, 1.54) is 4.31 Å². The fraction of sp³-hybridized carbons (Fsp3) is 0.750. The summed E-state index contributed by atoms with van der Waals surface area (Å²) in [5, 5.41) is 2.91. The monoisotopic (exact) mass is 131 g/mol. The molecule has 0 unspecified atom stereocenters. The summed E-state index contributed by atoms with van der Waals surface area (Å²) >= 11 is 4.66. The van der Waals surface area contributed by atoms with Gasteiger partial charge in [-0.2, -0.15) is 0 Å². The van der Waals surface area contributed by atoms with E-state index in [0.717, 1.165) is 6.54 Å². The number of piperazine rings is 1. The molecule has 1 heterocycles. The van der Waals surface area contributed by atoms with Gasteiger partial charge in [0.25, 0.3) is 0 Å². The molecule has 1 fully saturated rings. The Hall–Kier alpha value is -0.220. The first-order valence-corrected chi connectivity index (χ1v) is 2.85. The molecule has 0 aliphatic carbocycles. The molecule has 1 rings (SSSR count).